The molecule has 0 saturated heterocycles. The molecule has 0 aliphatic carbocycles. The van der Waals surface area contributed by atoms with Gasteiger partial charge in [0.05, 0.1) is 6.04 Å². The maximum absolute atomic E-state index is 10.4. The molecular formula is C11H23NO. The van der Waals surface area contributed by atoms with Gasteiger partial charge in [-0.15, -0.1) is 0 Å². The Balaban J connectivity index is 3.63. The first-order valence-electron chi connectivity index (χ1n) is 5.32. The molecule has 0 rings (SSSR count). The zero-order valence-corrected chi connectivity index (χ0v) is 9.12. The van der Waals surface area contributed by atoms with Crippen molar-refractivity contribution in [2.24, 2.45) is 17.6 Å². The Morgan fingerprint density at radius 2 is 2.00 bits per heavy atom. The van der Waals surface area contributed by atoms with Crippen LogP contribution in [0.1, 0.15) is 46.5 Å². The van der Waals surface area contributed by atoms with Crippen molar-refractivity contribution in [2.75, 3.05) is 0 Å². The normalized spacial score (nSPS) is 17.8. The summed E-state index contributed by atoms with van der Waals surface area (Å²) in [6, 6.07) is -0.274. The molecule has 0 bridgehead atoms. The third-order valence-corrected chi connectivity index (χ3v) is 2.64. The van der Waals surface area contributed by atoms with E-state index in [1.165, 1.54) is 19.3 Å². The van der Waals surface area contributed by atoms with Crippen molar-refractivity contribution in [1.82, 2.24) is 0 Å². The van der Waals surface area contributed by atoms with Gasteiger partial charge in [-0.25, -0.2) is 0 Å². The fraction of sp³-hybridized carbons (Fsp3) is 0.909. The molecule has 0 aromatic carbocycles. The van der Waals surface area contributed by atoms with Crippen LogP contribution in [0.2, 0.25) is 0 Å². The van der Waals surface area contributed by atoms with Crippen LogP contribution in [-0.2, 0) is 4.79 Å². The van der Waals surface area contributed by atoms with E-state index >= 15 is 0 Å². The van der Waals surface area contributed by atoms with E-state index in [9.17, 15) is 4.79 Å². The smallest absolute Gasteiger partial charge is 0.136 e. The SMILES string of the molecule is CCCCC(C)CC(C)C(N)C=O. The van der Waals surface area contributed by atoms with Crippen LogP contribution in [0.5, 0.6) is 0 Å². The van der Waals surface area contributed by atoms with Crippen LogP contribution in [0.4, 0.5) is 0 Å². The highest BCUT2D eigenvalue weighted by Gasteiger charge is 2.14. The third-order valence-electron chi connectivity index (χ3n) is 2.64. The van der Waals surface area contributed by atoms with Gasteiger partial charge in [0.1, 0.15) is 6.29 Å². The molecule has 0 aromatic rings. The summed E-state index contributed by atoms with van der Waals surface area (Å²) in [5, 5.41) is 0. The van der Waals surface area contributed by atoms with Gasteiger partial charge < -0.3 is 10.5 Å². The number of unbranched alkanes of at least 4 members (excludes halogenated alkanes) is 1. The van der Waals surface area contributed by atoms with E-state index in [0.29, 0.717) is 11.8 Å². The third kappa shape index (κ3) is 5.81. The Bertz CT molecular complexity index is 136. The molecule has 3 unspecified atom stereocenters. The quantitative estimate of drug-likeness (QED) is 0.619. The summed E-state index contributed by atoms with van der Waals surface area (Å²) in [4.78, 5) is 10.4. The zero-order valence-electron chi connectivity index (χ0n) is 9.12. The van der Waals surface area contributed by atoms with Gasteiger partial charge in [0, 0.05) is 0 Å². The zero-order chi connectivity index (χ0) is 10.3. The molecule has 0 amide bonds. The molecule has 2 nitrogen and oxygen atoms in total. The second-order valence-corrected chi connectivity index (χ2v) is 4.17. The molecule has 2 heteroatoms. The van der Waals surface area contributed by atoms with Crippen LogP contribution in [0, 0.1) is 11.8 Å². The minimum atomic E-state index is -0.274. The average molecular weight is 185 g/mol. The molecule has 0 saturated carbocycles. The van der Waals surface area contributed by atoms with Crippen LogP contribution < -0.4 is 5.73 Å². The number of rotatable bonds is 7. The van der Waals surface area contributed by atoms with Gasteiger partial charge in [-0.3, -0.25) is 0 Å². The highest BCUT2D eigenvalue weighted by atomic mass is 16.1. The van der Waals surface area contributed by atoms with E-state index in [2.05, 4.69) is 20.8 Å². The maximum atomic E-state index is 10.4. The fourth-order valence-electron chi connectivity index (χ4n) is 1.60. The molecule has 3 atom stereocenters. The molecule has 2 N–H and O–H groups in total. The predicted octanol–water partition coefficient (Wildman–Crippen LogP) is 2.37. The second kappa shape index (κ2) is 7.07. The van der Waals surface area contributed by atoms with Crippen molar-refractivity contribution in [3.05, 3.63) is 0 Å². The van der Waals surface area contributed by atoms with Gasteiger partial charge in [0.25, 0.3) is 0 Å². The van der Waals surface area contributed by atoms with Crippen molar-refractivity contribution in [3.63, 3.8) is 0 Å². The van der Waals surface area contributed by atoms with Crippen molar-refractivity contribution >= 4 is 6.29 Å². The summed E-state index contributed by atoms with van der Waals surface area (Å²) < 4.78 is 0. The summed E-state index contributed by atoms with van der Waals surface area (Å²) in [7, 11) is 0. The lowest BCUT2D eigenvalue weighted by molar-refractivity contribution is -0.109. The topological polar surface area (TPSA) is 43.1 Å². The van der Waals surface area contributed by atoms with Crippen molar-refractivity contribution in [2.45, 2.75) is 52.5 Å². The summed E-state index contributed by atoms with van der Waals surface area (Å²) in [6.45, 7) is 6.50. The van der Waals surface area contributed by atoms with Gasteiger partial charge in [-0.05, 0) is 18.3 Å². The number of nitrogens with two attached hydrogens (primary N) is 1. The van der Waals surface area contributed by atoms with Crippen LogP contribution in [0.15, 0.2) is 0 Å². The minimum Gasteiger partial charge on any atom is -0.322 e. The first-order chi connectivity index (χ1) is 6.11. The molecule has 0 radical (unpaired) electrons. The number of hydrogen-bond donors (Lipinski definition) is 1. The van der Waals surface area contributed by atoms with E-state index in [1.807, 2.05) is 0 Å². The molecule has 0 aliphatic heterocycles. The summed E-state index contributed by atoms with van der Waals surface area (Å²) in [6.07, 6.45) is 5.71. The average Bonchev–Trinajstić information content (AvgIpc) is 2.13. The Labute approximate surface area is 81.9 Å². The van der Waals surface area contributed by atoms with E-state index in [1.54, 1.807) is 0 Å². The highest BCUT2D eigenvalue weighted by Crippen LogP contribution is 2.18. The number of hydrogen-bond acceptors (Lipinski definition) is 2. The van der Waals surface area contributed by atoms with Gasteiger partial charge >= 0.3 is 0 Å². The number of carbonyl (C=O) groups excluding carboxylic acids is 1. The monoisotopic (exact) mass is 185 g/mol. The molecule has 0 heterocycles. The molecule has 13 heavy (non-hydrogen) atoms. The van der Waals surface area contributed by atoms with Crippen molar-refractivity contribution in [3.8, 4) is 0 Å². The molecular weight excluding hydrogens is 162 g/mol. The standard InChI is InChI=1S/C11H23NO/c1-4-5-6-9(2)7-10(3)11(12)8-13/h8-11H,4-7,12H2,1-3H3. The highest BCUT2D eigenvalue weighted by molar-refractivity contribution is 5.57. The number of carbonyl (C=O) groups is 1. The van der Waals surface area contributed by atoms with Crippen LogP contribution >= 0.6 is 0 Å². The van der Waals surface area contributed by atoms with Crippen LogP contribution in [-0.4, -0.2) is 12.3 Å². The van der Waals surface area contributed by atoms with E-state index in [-0.39, 0.29) is 6.04 Å². The van der Waals surface area contributed by atoms with Crippen LogP contribution in [0.25, 0.3) is 0 Å². The summed E-state index contributed by atoms with van der Waals surface area (Å²) in [5.74, 6) is 1.02. The Morgan fingerprint density at radius 1 is 1.38 bits per heavy atom. The summed E-state index contributed by atoms with van der Waals surface area (Å²) >= 11 is 0. The lowest BCUT2D eigenvalue weighted by Gasteiger charge is -2.19. The Kier molecular flexibility index (Phi) is 6.87. The van der Waals surface area contributed by atoms with Gasteiger partial charge in [-0.2, -0.15) is 0 Å². The largest absolute Gasteiger partial charge is 0.322 e. The molecule has 0 spiro atoms. The van der Waals surface area contributed by atoms with Crippen molar-refractivity contribution < 1.29 is 4.79 Å². The fourth-order valence-corrected chi connectivity index (χ4v) is 1.60. The first-order valence-corrected chi connectivity index (χ1v) is 5.32. The first kappa shape index (κ1) is 12.6. The van der Waals surface area contributed by atoms with Crippen LogP contribution in [0.3, 0.4) is 0 Å². The Hall–Kier alpha value is -0.370. The Morgan fingerprint density at radius 3 is 2.46 bits per heavy atom. The van der Waals surface area contributed by atoms with E-state index in [4.69, 9.17) is 5.73 Å². The minimum absolute atomic E-state index is 0.274. The molecule has 0 aromatic heterocycles. The van der Waals surface area contributed by atoms with E-state index in [0.717, 1.165) is 12.7 Å². The van der Waals surface area contributed by atoms with Gasteiger partial charge in [0.15, 0.2) is 0 Å². The number of aldehydes is 1. The second-order valence-electron chi connectivity index (χ2n) is 4.17. The lowest BCUT2D eigenvalue weighted by Crippen LogP contribution is -2.30. The van der Waals surface area contributed by atoms with Gasteiger partial charge in [0.2, 0.25) is 0 Å². The van der Waals surface area contributed by atoms with E-state index < -0.39 is 0 Å². The molecule has 78 valence electrons. The molecule has 0 fully saturated rings. The summed E-state index contributed by atoms with van der Waals surface area (Å²) in [5.41, 5.74) is 5.63. The predicted molar refractivity (Wildman–Crippen MR) is 56.5 cm³/mol. The molecule has 0 aliphatic rings. The van der Waals surface area contributed by atoms with Gasteiger partial charge in [-0.1, -0.05) is 40.0 Å². The maximum Gasteiger partial charge on any atom is 0.136 e. The lowest BCUT2D eigenvalue weighted by atomic mass is 9.89. The van der Waals surface area contributed by atoms with Crippen molar-refractivity contribution in [1.29, 1.82) is 0 Å².